The second-order valence-electron chi connectivity index (χ2n) is 5.17. The molecule has 3 heteroatoms. The Labute approximate surface area is 120 Å². The second kappa shape index (κ2) is 6.07. The molecular formula is C17H22N2O. The predicted molar refractivity (Wildman–Crippen MR) is 82.8 cm³/mol. The molecule has 0 aromatic heterocycles. The molecule has 0 radical (unpaired) electrons. The van der Waals surface area contributed by atoms with Gasteiger partial charge in [-0.1, -0.05) is 24.3 Å². The van der Waals surface area contributed by atoms with Gasteiger partial charge in [0.2, 0.25) is 0 Å². The van der Waals surface area contributed by atoms with Crippen molar-refractivity contribution in [3.8, 4) is 5.75 Å². The van der Waals surface area contributed by atoms with Crippen LogP contribution in [0.5, 0.6) is 5.75 Å². The van der Waals surface area contributed by atoms with Gasteiger partial charge in [0, 0.05) is 0 Å². The van der Waals surface area contributed by atoms with Gasteiger partial charge >= 0.3 is 0 Å². The highest BCUT2D eigenvalue weighted by Crippen LogP contribution is 2.28. The van der Waals surface area contributed by atoms with Gasteiger partial charge in [-0.25, -0.2) is 5.43 Å². The van der Waals surface area contributed by atoms with Crippen molar-refractivity contribution in [1.29, 1.82) is 0 Å². The average Bonchev–Trinajstić information content (AvgIpc) is 2.45. The number of ether oxygens (including phenoxy) is 1. The molecule has 0 saturated carbocycles. The van der Waals surface area contributed by atoms with Gasteiger partial charge < -0.3 is 4.74 Å². The predicted octanol–water partition coefficient (Wildman–Crippen LogP) is 3.17. The number of rotatable bonds is 4. The Bertz CT molecular complexity index is 608. The maximum Gasteiger partial charge on any atom is 0.119 e. The van der Waals surface area contributed by atoms with Gasteiger partial charge in [0.15, 0.2) is 0 Å². The first-order valence-electron chi connectivity index (χ1n) is 6.74. The summed E-state index contributed by atoms with van der Waals surface area (Å²) in [4.78, 5) is 0. The summed E-state index contributed by atoms with van der Waals surface area (Å²) in [5.41, 5.74) is 9.02. The van der Waals surface area contributed by atoms with Gasteiger partial charge in [-0.3, -0.25) is 5.84 Å². The summed E-state index contributed by atoms with van der Waals surface area (Å²) in [5, 5.41) is 0. The van der Waals surface area contributed by atoms with Crippen molar-refractivity contribution in [1.82, 2.24) is 5.43 Å². The van der Waals surface area contributed by atoms with Gasteiger partial charge in [0.25, 0.3) is 0 Å². The Morgan fingerprint density at radius 2 is 1.70 bits per heavy atom. The number of nitrogens with two attached hydrogens (primary N) is 1. The van der Waals surface area contributed by atoms with E-state index >= 15 is 0 Å². The number of benzene rings is 2. The van der Waals surface area contributed by atoms with Crippen LogP contribution in [0.2, 0.25) is 0 Å². The van der Waals surface area contributed by atoms with Gasteiger partial charge in [-0.05, 0) is 60.7 Å². The Morgan fingerprint density at radius 1 is 1.00 bits per heavy atom. The van der Waals surface area contributed by atoms with Crippen LogP contribution in [-0.2, 0) is 0 Å². The van der Waals surface area contributed by atoms with Crippen LogP contribution >= 0.6 is 0 Å². The van der Waals surface area contributed by atoms with Crippen LogP contribution < -0.4 is 16.0 Å². The van der Waals surface area contributed by atoms with E-state index in [0.29, 0.717) is 0 Å². The Balaban J connectivity index is 2.49. The SMILES string of the molecule is COc1cccc(C(NN)c2cc(C)c(C)cc2C)c1. The van der Waals surface area contributed by atoms with Crippen LogP contribution in [0.15, 0.2) is 36.4 Å². The highest BCUT2D eigenvalue weighted by Gasteiger charge is 2.16. The molecule has 3 nitrogen and oxygen atoms in total. The molecule has 0 heterocycles. The van der Waals surface area contributed by atoms with Crippen LogP contribution in [0.25, 0.3) is 0 Å². The first-order chi connectivity index (χ1) is 9.56. The lowest BCUT2D eigenvalue weighted by molar-refractivity contribution is 0.413. The number of aryl methyl sites for hydroxylation is 3. The molecule has 0 saturated heterocycles. The van der Waals surface area contributed by atoms with Crippen molar-refractivity contribution >= 4 is 0 Å². The summed E-state index contributed by atoms with van der Waals surface area (Å²) in [6, 6.07) is 12.4. The third-order valence-electron chi connectivity index (χ3n) is 3.79. The number of methoxy groups -OCH3 is 1. The zero-order valence-corrected chi connectivity index (χ0v) is 12.5. The summed E-state index contributed by atoms with van der Waals surface area (Å²) in [6.45, 7) is 6.37. The van der Waals surface area contributed by atoms with E-state index < -0.39 is 0 Å². The van der Waals surface area contributed by atoms with Gasteiger partial charge in [0.1, 0.15) is 5.75 Å². The van der Waals surface area contributed by atoms with Crippen LogP contribution in [0.3, 0.4) is 0 Å². The smallest absolute Gasteiger partial charge is 0.119 e. The lowest BCUT2D eigenvalue weighted by atomic mass is 9.92. The summed E-state index contributed by atoms with van der Waals surface area (Å²) in [7, 11) is 1.67. The van der Waals surface area contributed by atoms with E-state index in [9.17, 15) is 0 Å². The molecule has 3 N–H and O–H groups in total. The van der Waals surface area contributed by atoms with E-state index in [0.717, 1.165) is 11.3 Å². The lowest BCUT2D eigenvalue weighted by Crippen LogP contribution is -2.29. The number of hydrazine groups is 1. The maximum absolute atomic E-state index is 5.79. The molecule has 1 atom stereocenters. The first-order valence-corrected chi connectivity index (χ1v) is 6.74. The van der Waals surface area contributed by atoms with Crippen LogP contribution in [-0.4, -0.2) is 7.11 Å². The Hall–Kier alpha value is -1.84. The minimum absolute atomic E-state index is 0.0376. The molecule has 0 fully saturated rings. The molecular weight excluding hydrogens is 248 g/mol. The molecule has 1 unspecified atom stereocenters. The largest absolute Gasteiger partial charge is 0.497 e. The Kier molecular flexibility index (Phi) is 4.42. The molecule has 0 aliphatic heterocycles. The molecule has 106 valence electrons. The molecule has 2 rings (SSSR count). The molecule has 20 heavy (non-hydrogen) atoms. The fourth-order valence-electron chi connectivity index (χ4n) is 2.48. The standard InChI is InChI=1S/C17H22N2O/c1-11-8-13(3)16(9-12(11)2)17(19-18)14-6-5-7-15(10-14)20-4/h5-10,17,19H,18H2,1-4H3. The summed E-state index contributed by atoms with van der Waals surface area (Å²) in [5.74, 6) is 6.63. The van der Waals surface area contributed by atoms with E-state index in [1.54, 1.807) is 7.11 Å². The van der Waals surface area contributed by atoms with E-state index in [-0.39, 0.29) is 6.04 Å². The van der Waals surface area contributed by atoms with Crippen LogP contribution in [0.1, 0.15) is 33.9 Å². The second-order valence-corrected chi connectivity index (χ2v) is 5.17. The summed E-state index contributed by atoms with van der Waals surface area (Å²) < 4.78 is 5.29. The number of hydrogen-bond donors (Lipinski definition) is 2. The van der Waals surface area contributed by atoms with Crippen molar-refractivity contribution in [2.45, 2.75) is 26.8 Å². The van der Waals surface area contributed by atoms with Gasteiger partial charge in [-0.15, -0.1) is 0 Å². The van der Waals surface area contributed by atoms with Crippen LogP contribution in [0, 0.1) is 20.8 Å². The molecule has 2 aromatic rings. The minimum atomic E-state index is -0.0376. The molecule has 2 aromatic carbocycles. The van der Waals surface area contributed by atoms with Crippen LogP contribution in [0.4, 0.5) is 0 Å². The molecule has 0 aliphatic carbocycles. The maximum atomic E-state index is 5.79. The minimum Gasteiger partial charge on any atom is -0.497 e. The third kappa shape index (κ3) is 2.84. The number of hydrogen-bond acceptors (Lipinski definition) is 3. The van der Waals surface area contributed by atoms with Crippen molar-refractivity contribution in [3.05, 3.63) is 64.2 Å². The Morgan fingerprint density at radius 3 is 2.35 bits per heavy atom. The zero-order valence-electron chi connectivity index (χ0n) is 12.5. The van der Waals surface area contributed by atoms with Crippen molar-refractivity contribution < 1.29 is 4.74 Å². The monoisotopic (exact) mass is 270 g/mol. The lowest BCUT2D eigenvalue weighted by Gasteiger charge is -2.21. The molecule has 0 aliphatic rings. The highest BCUT2D eigenvalue weighted by atomic mass is 16.5. The molecule has 0 spiro atoms. The quantitative estimate of drug-likeness (QED) is 0.662. The van der Waals surface area contributed by atoms with E-state index in [2.05, 4.69) is 44.4 Å². The highest BCUT2D eigenvalue weighted by molar-refractivity contribution is 5.43. The van der Waals surface area contributed by atoms with Gasteiger partial charge in [-0.2, -0.15) is 0 Å². The molecule has 0 bridgehead atoms. The van der Waals surface area contributed by atoms with Crippen molar-refractivity contribution in [2.24, 2.45) is 5.84 Å². The fraction of sp³-hybridized carbons (Fsp3) is 0.294. The number of nitrogens with one attached hydrogen (secondary N) is 1. The van der Waals surface area contributed by atoms with E-state index in [1.165, 1.54) is 22.3 Å². The average molecular weight is 270 g/mol. The van der Waals surface area contributed by atoms with Crippen molar-refractivity contribution in [3.63, 3.8) is 0 Å². The third-order valence-corrected chi connectivity index (χ3v) is 3.79. The summed E-state index contributed by atoms with van der Waals surface area (Å²) in [6.07, 6.45) is 0. The zero-order chi connectivity index (χ0) is 14.7. The summed E-state index contributed by atoms with van der Waals surface area (Å²) >= 11 is 0. The van der Waals surface area contributed by atoms with E-state index in [1.807, 2.05) is 18.2 Å². The van der Waals surface area contributed by atoms with E-state index in [4.69, 9.17) is 10.6 Å². The van der Waals surface area contributed by atoms with Gasteiger partial charge in [0.05, 0.1) is 13.2 Å². The first kappa shape index (κ1) is 14.6. The molecule has 0 amide bonds. The normalized spacial score (nSPS) is 12.2. The van der Waals surface area contributed by atoms with Crippen molar-refractivity contribution in [2.75, 3.05) is 7.11 Å². The fourth-order valence-corrected chi connectivity index (χ4v) is 2.48. The topological polar surface area (TPSA) is 47.3 Å².